The maximum Gasteiger partial charge on any atom is 0.224 e. The number of carbonyl (C=O) groups excluding carboxylic acids is 2. The second kappa shape index (κ2) is 7.62. The van der Waals surface area contributed by atoms with Crippen molar-refractivity contribution in [3.05, 3.63) is 0 Å². The van der Waals surface area contributed by atoms with Gasteiger partial charge in [-0.3, -0.25) is 9.59 Å². The molecule has 0 bridgehead atoms. The molecule has 2 amide bonds. The van der Waals surface area contributed by atoms with E-state index < -0.39 is 0 Å². The summed E-state index contributed by atoms with van der Waals surface area (Å²) in [6, 6.07) is 0. The van der Waals surface area contributed by atoms with Crippen LogP contribution in [0, 0.1) is 11.8 Å². The number of hydrogen-bond donors (Lipinski definition) is 2. The van der Waals surface area contributed by atoms with Gasteiger partial charge >= 0.3 is 0 Å². The molecule has 1 saturated heterocycles. The van der Waals surface area contributed by atoms with E-state index >= 15 is 0 Å². The first-order valence-electron chi connectivity index (χ1n) is 7.96. The van der Waals surface area contributed by atoms with Crippen molar-refractivity contribution in [1.82, 2.24) is 10.2 Å². The van der Waals surface area contributed by atoms with Crippen LogP contribution in [0.1, 0.15) is 44.9 Å². The molecule has 5 nitrogen and oxygen atoms in total. The number of rotatable bonds is 5. The molecule has 114 valence electrons. The summed E-state index contributed by atoms with van der Waals surface area (Å²) in [4.78, 5) is 26.2. The van der Waals surface area contributed by atoms with Gasteiger partial charge in [0.25, 0.3) is 0 Å². The van der Waals surface area contributed by atoms with Gasteiger partial charge in [0.05, 0.1) is 5.92 Å². The van der Waals surface area contributed by atoms with Gasteiger partial charge in [-0.15, -0.1) is 0 Å². The molecule has 0 radical (unpaired) electrons. The Hall–Kier alpha value is -1.10. The predicted octanol–water partition coefficient (Wildman–Crippen LogP) is 0.880. The normalized spacial score (nSPS) is 23.9. The molecule has 3 N–H and O–H groups in total. The van der Waals surface area contributed by atoms with Crippen molar-refractivity contribution >= 4 is 11.8 Å². The molecule has 5 heteroatoms. The molecule has 0 spiro atoms. The van der Waals surface area contributed by atoms with Crippen LogP contribution in [0.2, 0.25) is 0 Å². The zero-order valence-corrected chi connectivity index (χ0v) is 12.3. The summed E-state index contributed by atoms with van der Waals surface area (Å²) in [7, 11) is 0. The van der Waals surface area contributed by atoms with Gasteiger partial charge in [0.2, 0.25) is 11.8 Å². The average molecular weight is 281 g/mol. The highest BCUT2D eigenvalue weighted by atomic mass is 16.2. The van der Waals surface area contributed by atoms with Crippen molar-refractivity contribution in [3.63, 3.8) is 0 Å². The molecule has 1 saturated carbocycles. The average Bonchev–Trinajstić information content (AvgIpc) is 2.97. The first-order valence-corrected chi connectivity index (χ1v) is 7.96. The van der Waals surface area contributed by atoms with Gasteiger partial charge in [-0.25, -0.2) is 0 Å². The zero-order valence-electron chi connectivity index (χ0n) is 12.3. The molecule has 1 heterocycles. The number of piperidine rings is 1. The smallest absolute Gasteiger partial charge is 0.224 e. The number of carbonyl (C=O) groups is 2. The van der Waals surface area contributed by atoms with Crippen LogP contribution in [-0.4, -0.2) is 42.9 Å². The van der Waals surface area contributed by atoms with E-state index in [-0.39, 0.29) is 17.7 Å². The molecule has 0 aromatic heterocycles. The highest BCUT2D eigenvalue weighted by molar-refractivity contribution is 5.81. The molecular formula is C15H27N3O2. The van der Waals surface area contributed by atoms with Gasteiger partial charge in [-0.2, -0.15) is 0 Å². The molecule has 0 aromatic carbocycles. The van der Waals surface area contributed by atoms with E-state index in [1.54, 1.807) is 0 Å². The van der Waals surface area contributed by atoms with E-state index in [1.165, 1.54) is 25.7 Å². The number of nitrogens with zero attached hydrogens (tertiary/aromatic N) is 1. The van der Waals surface area contributed by atoms with Crippen LogP contribution in [0.4, 0.5) is 0 Å². The summed E-state index contributed by atoms with van der Waals surface area (Å²) in [5.74, 6) is 0.818. The van der Waals surface area contributed by atoms with Crippen molar-refractivity contribution < 1.29 is 9.59 Å². The minimum absolute atomic E-state index is 0.0498. The Labute approximate surface area is 121 Å². The lowest BCUT2D eigenvalue weighted by molar-refractivity contribution is -0.136. The maximum atomic E-state index is 12.3. The first-order chi connectivity index (χ1) is 9.70. The fourth-order valence-electron chi connectivity index (χ4n) is 3.35. The fraction of sp³-hybridized carbons (Fsp3) is 0.867. The van der Waals surface area contributed by atoms with Crippen molar-refractivity contribution in [3.8, 4) is 0 Å². The number of amides is 2. The summed E-state index contributed by atoms with van der Waals surface area (Å²) >= 11 is 0. The van der Waals surface area contributed by atoms with Crippen molar-refractivity contribution in [2.24, 2.45) is 17.6 Å². The number of hydrogen-bond acceptors (Lipinski definition) is 3. The Balaban J connectivity index is 1.79. The second-order valence-electron chi connectivity index (χ2n) is 6.11. The van der Waals surface area contributed by atoms with E-state index in [9.17, 15) is 9.59 Å². The van der Waals surface area contributed by atoms with E-state index in [0.29, 0.717) is 32.0 Å². The predicted molar refractivity (Wildman–Crippen MR) is 77.9 cm³/mol. The Morgan fingerprint density at radius 3 is 2.60 bits per heavy atom. The van der Waals surface area contributed by atoms with Crippen LogP contribution in [0.25, 0.3) is 0 Å². The molecular weight excluding hydrogens is 254 g/mol. The van der Waals surface area contributed by atoms with Crippen molar-refractivity contribution in [2.75, 3.05) is 26.2 Å². The summed E-state index contributed by atoms with van der Waals surface area (Å²) in [5.41, 5.74) is 5.39. The van der Waals surface area contributed by atoms with Crippen molar-refractivity contribution in [1.29, 1.82) is 0 Å². The molecule has 0 aromatic rings. The number of likely N-dealkylation sites (tertiary alicyclic amines) is 1. The van der Waals surface area contributed by atoms with Gasteiger partial charge in [0.1, 0.15) is 0 Å². The van der Waals surface area contributed by atoms with Crippen LogP contribution in [0.5, 0.6) is 0 Å². The summed E-state index contributed by atoms with van der Waals surface area (Å²) < 4.78 is 0. The topological polar surface area (TPSA) is 75.4 Å². The van der Waals surface area contributed by atoms with Crippen LogP contribution >= 0.6 is 0 Å². The molecule has 1 aliphatic carbocycles. The Morgan fingerprint density at radius 2 is 1.90 bits per heavy atom. The highest BCUT2D eigenvalue weighted by Crippen LogP contribution is 2.28. The summed E-state index contributed by atoms with van der Waals surface area (Å²) in [6.45, 7) is 2.38. The molecule has 1 atom stereocenters. The third-order valence-corrected chi connectivity index (χ3v) is 4.53. The maximum absolute atomic E-state index is 12.3. The molecule has 2 rings (SSSR count). The van der Waals surface area contributed by atoms with Crippen LogP contribution in [0.15, 0.2) is 0 Å². The van der Waals surface area contributed by atoms with Gasteiger partial charge in [0, 0.05) is 32.6 Å². The lowest BCUT2D eigenvalue weighted by Gasteiger charge is -2.32. The highest BCUT2D eigenvalue weighted by Gasteiger charge is 2.29. The number of nitrogens with one attached hydrogen (secondary N) is 1. The van der Waals surface area contributed by atoms with Gasteiger partial charge < -0.3 is 16.0 Å². The monoisotopic (exact) mass is 281 g/mol. The van der Waals surface area contributed by atoms with E-state index in [1.807, 2.05) is 4.90 Å². The molecule has 1 aliphatic heterocycles. The largest absolute Gasteiger partial charge is 0.355 e. The van der Waals surface area contributed by atoms with E-state index in [0.717, 1.165) is 19.4 Å². The summed E-state index contributed by atoms with van der Waals surface area (Å²) in [6.07, 6.45) is 7.40. The lowest BCUT2D eigenvalue weighted by atomic mass is 9.95. The van der Waals surface area contributed by atoms with E-state index in [2.05, 4.69) is 5.32 Å². The standard InChI is InChI=1S/C15H27N3O2/c16-7-8-17-15(20)13-6-3-9-18(11-13)14(19)10-12-4-1-2-5-12/h12-13H,1-11,16H2,(H,17,20). The zero-order chi connectivity index (χ0) is 14.4. The SMILES string of the molecule is NCCNC(=O)C1CCCN(C(=O)CC2CCCC2)C1. The third-order valence-electron chi connectivity index (χ3n) is 4.53. The minimum Gasteiger partial charge on any atom is -0.355 e. The first kappa shape index (κ1) is 15.3. The quantitative estimate of drug-likeness (QED) is 0.785. The van der Waals surface area contributed by atoms with Gasteiger partial charge in [-0.05, 0) is 31.6 Å². The fourth-order valence-corrected chi connectivity index (χ4v) is 3.35. The third kappa shape index (κ3) is 4.20. The number of nitrogens with two attached hydrogens (primary N) is 1. The molecule has 1 unspecified atom stereocenters. The van der Waals surface area contributed by atoms with Crippen LogP contribution in [0.3, 0.4) is 0 Å². The lowest BCUT2D eigenvalue weighted by Crippen LogP contribution is -2.46. The Morgan fingerprint density at radius 1 is 1.15 bits per heavy atom. The van der Waals surface area contributed by atoms with Crippen molar-refractivity contribution in [2.45, 2.75) is 44.9 Å². The van der Waals surface area contributed by atoms with Crippen LogP contribution < -0.4 is 11.1 Å². The van der Waals surface area contributed by atoms with E-state index in [4.69, 9.17) is 5.73 Å². The molecule has 20 heavy (non-hydrogen) atoms. The second-order valence-corrected chi connectivity index (χ2v) is 6.11. The minimum atomic E-state index is -0.0529. The van der Waals surface area contributed by atoms with Crippen LogP contribution in [-0.2, 0) is 9.59 Å². The van der Waals surface area contributed by atoms with Gasteiger partial charge in [0.15, 0.2) is 0 Å². The Kier molecular flexibility index (Phi) is 5.83. The molecule has 2 aliphatic rings. The molecule has 2 fully saturated rings. The van der Waals surface area contributed by atoms with Gasteiger partial charge in [-0.1, -0.05) is 12.8 Å². The Bertz CT molecular complexity index is 340. The summed E-state index contributed by atoms with van der Waals surface area (Å²) in [5, 5.41) is 2.83.